The largest absolute Gasteiger partial charge is 0.309 e. The first-order valence-electron chi connectivity index (χ1n) is 19.8. The van der Waals surface area contributed by atoms with Gasteiger partial charge in [-0.3, -0.25) is 0 Å². The van der Waals surface area contributed by atoms with Gasteiger partial charge in [0.25, 0.3) is 0 Å². The summed E-state index contributed by atoms with van der Waals surface area (Å²) in [5.74, 6) is 0. The van der Waals surface area contributed by atoms with E-state index in [1.807, 2.05) is 38.1 Å². The maximum Gasteiger partial charge on any atom is 0.0998 e. The van der Waals surface area contributed by atoms with E-state index < -0.39 is 0 Å². The predicted molar refractivity (Wildman–Crippen MR) is 242 cm³/mol. The number of aryl methyl sites for hydroxylation is 2. The van der Waals surface area contributed by atoms with E-state index in [1.54, 1.807) is 0 Å². The molecule has 0 N–H and O–H groups in total. The van der Waals surface area contributed by atoms with Gasteiger partial charge in [-0.25, -0.2) is 0 Å². The Balaban J connectivity index is 0.00000215. The van der Waals surface area contributed by atoms with Crippen LogP contribution in [0.2, 0.25) is 0 Å². The van der Waals surface area contributed by atoms with E-state index in [0.717, 1.165) is 66.1 Å². The lowest BCUT2D eigenvalue weighted by molar-refractivity contribution is 1.17. The normalized spacial score (nSPS) is 11.1. The van der Waals surface area contributed by atoms with Crippen molar-refractivity contribution >= 4 is 43.6 Å². The van der Waals surface area contributed by atoms with Gasteiger partial charge in [0.1, 0.15) is 0 Å². The van der Waals surface area contributed by atoms with Crippen molar-refractivity contribution in [1.29, 1.82) is 10.5 Å². The zero-order valence-electron chi connectivity index (χ0n) is 33.0. The molecule has 276 valence electrons. The van der Waals surface area contributed by atoms with Crippen LogP contribution in [0.1, 0.15) is 36.1 Å². The Bertz CT molecular complexity index is 3080. The van der Waals surface area contributed by atoms with E-state index in [4.69, 9.17) is 0 Å². The number of nitriles is 2. The fourth-order valence-corrected chi connectivity index (χ4v) is 8.49. The number of rotatable bonds is 5. The summed E-state index contributed by atoms with van der Waals surface area (Å²) in [7, 11) is 0. The molecule has 0 aliphatic heterocycles. The van der Waals surface area contributed by atoms with Gasteiger partial charge in [-0.05, 0) is 109 Å². The van der Waals surface area contributed by atoms with Gasteiger partial charge in [0.15, 0.2) is 0 Å². The molecular formula is C54H40N4. The van der Waals surface area contributed by atoms with Gasteiger partial charge in [0.2, 0.25) is 0 Å². The van der Waals surface area contributed by atoms with Crippen molar-refractivity contribution in [2.24, 2.45) is 0 Å². The summed E-state index contributed by atoms with van der Waals surface area (Å²) in [6, 6.07) is 64.2. The van der Waals surface area contributed by atoms with Crippen molar-refractivity contribution in [3.63, 3.8) is 0 Å². The molecule has 0 saturated heterocycles. The van der Waals surface area contributed by atoms with Gasteiger partial charge >= 0.3 is 0 Å². The summed E-state index contributed by atoms with van der Waals surface area (Å²) in [6.07, 6.45) is 0. The number of nitrogens with zero attached hydrogens (tertiary/aromatic N) is 4. The van der Waals surface area contributed by atoms with Crippen molar-refractivity contribution in [3.05, 3.63) is 192 Å². The van der Waals surface area contributed by atoms with Crippen LogP contribution < -0.4 is 0 Å². The maximum atomic E-state index is 10.5. The number of para-hydroxylation sites is 2. The molecule has 4 nitrogen and oxygen atoms in total. The maximum absolute atomic E-state index is 10.5. The SMILES string of the molecule is CC.Cc1cccc(-c2ccc3c(c2)c2ccccc2n3-c2ccc(C#N)c(-c3cc(-n4c5ccccc5c5cc(-c6cccc(C)c6)ccc54)ccc3C#N)c2)c1. The molecule has 2 heterocycles. The topological polar surface area (TPSA) is 57.4 Å². The third kappa shape index (κ3) is 6.00. The fourth-order valence-electron chi connectivity index (χ4n) is 8.49. The van der Waals surface area contributed by atoms with E-state index in [0.29, 0.717) is 22.3 Å². The minimum absolute atomic E-state index is 0.509. The lowest BCUT2D eigenvalue weighted by atomic mass is 9.95. The summed E-state index contributed by atoms with van der Waals surface area (Å²) in [6.45, 7) is 8.24. The Morgan fingerprint density at radius 1 is 0.362 bits per heavy atom. The first-order chi connectivity index (χ1) is 28.5. The summed E-state index contributed by atoms with van der Waals surface area (Å²) in [5, 5.41) is 25.6. The summed E-state index contributed by atoms with van der Waals surface area (Å²) < 4.78 is 4.54. The van der Waals surface area contributed by atoms with E-state index in [2.05, 4.69) is 181 Å². The number of fused-ring (bicyclic) bond motifs is 6. The van der Waals surface area contributed by atoms with Gasteiger partial charge < -0.3 is 9.13 Å². The molecule has 0 unspecified atom stereocenters. The van der Waals surface area contributed by atoms with Crippen LogP contribution in [-0.4, -0.2) is 9.13 Å². The first kappa shape index (κ1) is 36.0. The standard InChI is InChI=1S/C52H34N4.C2H6/c1-33-9-7-11-35(25-33)37-19-23-51-47(27-37)43-13-3-5-15-49(43)55(51)41-21-17-39(31-53)45(29-41)46-30-42(22-18-40(46)32-54)56-50-16-6-4-14-44(50)48-28-38(20-24-52(48)56)36-12-8-10-34(2)26-36;1-2/h3-30H,1-2H3;1-2H3. The second kappa shape index (κ2) is 14.8. The molecule has 0 aliphatic rings. The number of benzene rings is 8. The highest BCUT2D eigenvalue weighted by Gasteiger charge is 2.19. The van der Waals surface area contributed by atoms with Crippen LogP contribution in [0.5, 0.6) is 0 Å². The zero-order valence-corrected chi connectivity index (χ0v) is 33.0. The van der Waals surface area contributed by atoms with Crippen LogP contribution in [0.4, 0.5) is 0 Å². The average molecular weight is 745 g/mol. The second-order valence-corrected chi connectivity index (χ2v) is 14.6. The molecule has 10 aromatic rings. The minimum atomic E-state index is 0.509. The van der Waals surface area contributed by atoms with Gasteiger partial charge in [-0.2, -0.15) is 10.5 Å². The molecule has 4 heteroatoms. The van der Waals surface area contributed by atoms with Gasteiger partial charge in [-0.15, -0.1) is 0 Å². The molecule has 0 amide bonds. The lowest BCUT2D eigenvalue weighted by Gasteiger charge is -2.15. The van der Waals surface area contributed by atoms with Crippen molar-refractivity contribution in [2.75, 3.05) is 0 Å². The van der Waals surface area contributed by atoms with Crippen LogP contribution in [-0.2, 0) is 0 Å². The average Bonchev–Trinajstić information content (AvgIpc) is 3.79. The molecule has 0 fully saturated rings. The molecule has 0 atom stereocenters. The Hall–Kier alpha value is -7.66. The monoisotopic (exact) mass is 744 g/mol. The van der Waals surface area contributed by atoms with Crippen molar-refractivity contribution < 1.29 is 0 Å². The van der Waals surface area contributed by atoms with E-state index in [1.165, 1.54) is 22.3 Å². The Morgan fingerprint density at radius 2 is 0.759 bits per heavy atom. The molecule has 0 bridgehead atoms. The van der Waals surface area contributed by atoms with E-state index in [9.17, 15) is 10.5 Å². The van der Waals surface area contributed by atoms with Gasteiger partial charge in [0, 0.05) is 44.0 Å². The van der Waals surface area contributed by atoms with Crippen LogP contribution in [0.15, 0.2) is 170 Å². The number of hydrogen-bond donors (Lipinski definition) is 0. The van der Waals surface area contributed by atoms with Crippen molar-refractivity contribution in [2.45, 2.75) is 27.7 Å². The zero-order chi connectivity index (χ0) is 39.9. The Labute approximate surface area is 338 Å². The molecule has 8 aromatic carbocycles. The Morgan fingerprint density at radius 3 is 1.17 bits per heavy atom. The molecular weight excluding hydrogens is 705 g/mol. The van der Waals surface area contributed by atoms with Crippen molar-refractivity contribution in [1.82, 2.24) is 9.13 Å². The lowest BCUT2D eigenvalue weighted by Crippen LogP contribution is -1.99. The molecule has 58 heavy (non-hydrogen) atoms. The molecule has 2 aromatic heterocycles. The highest BCUT2D eigenvalue weighted by Crippen LogP contribution is 2.40. The third-order valence-electron chi connectivity index (χ3n) is 11.1. The highest BCUT2D eigenvalue weighted by atomic mass is 15.0. The van der Waals surface area contributed by atoms with Crippen LogP contribution in [0.3, 0.4) is 0 Å². The van der Waals surface area contributed by atoms with Gasteiger partial charge in [0.05, 0.1) is 45.3 Å². The molecule has 0 aliphatic carbocycles. The smallest absolute Gasteiger partial charge is 0.0998 e. The van der Waals surface area contributed by atoms with Gasteiger partial charge in [-0.1, -0.05) is 122 Å². The van der Waals surface area contributed by atoms with Crippen molar-refractivity contribution in [3.8, 4) is 56.9 Å². The molecule has 10 rings (SSSR count). The van der Waals surface area contributed by atoms with E-state index >= 15 is 0 Å². The number of hydrogen-bond acceptors (Lipinski definition) is 2. The molecule has 0 saturated carbocycles. The van der Waals surface area contributed by atoms with Crippen LogP contribution in [0.25, 0.3) is 88.4 Å². The van der Waals surface area contributed by atoms with Crippen LogP contribution >= 0.6 is 0 Å². The summed E-state index contributed by atoms with van der Waals surface area (Å²) in [5.41, 5.74) is 15.7. The summed E-state index contributed by atoms with van der Waals surface area (Å²) in [4.78, 5) is 0. The third-order valence-corrected chi connectivity index (χ3v) is 11.1. The quantitative estimate of drug-likeness (QED) is 0.176. The van der Waals surface area contributed by atoms with E-state index in [-0.39, 0.29) is 0 Å². The Kier molecular flexibility index (Phi) is 9.17. The predicted octanol–water partition coefficient (Wildman–Crippen LogP) is 14.3. The fraction of sp³-hybridized carbons (Fsp3) is 0.0741. The first-order valence-corrected chi connectivity index (χ1v) is 19.8. The number of aromatic nitrogens is 2. The second-order valence-electron chi connectivity index (χ2n) is 14.6. The molecule has 0 radical (unpaired) electrons. The molecule has 0 spiro atoms. The highest BCUT2D eigenvalue weighted by molar-refractivity contribution is 6.12. The van der Waals surface area contributed by atoms with Crippen LogP contribution in [0, 0.1) is 36.5 Å². The summed E-state index contributed by atoms with van der Waals surface area (Å²) >= 11 is 0. The minimum Gasteiger partial charge on any atom is -0.309 e.